The number of carbonyl (C=O) groups excluding carboxylic acids is 1. The molecule has 0 amide bonds. The van der Waals surface area contributed by atoms with E-state index >= 15 is 0 Å². The summed E-state index contributed by atoms with van der Waals surface area (Å²) in [5.74, 6) is -0.853. The Hall–Kier alpha value is -2.96. The minimum absolute atomic E-state index is 0.379. The molecule has 0 aromatic heterocycles. The minimum Gasteiger partial charge on any atom is -0.478 e. The molecule has 1 aliphatic rings. The van der Waals surface area contributed by atoms with Crippen molar-refractivity contribution >= 4 is 11.9 Å². The van der Waals surface area contributed by atoms with Crippen molar-refractivity contribution in [2.24, 2.45) is 5.92 Å². The Labute approximate surface area is 196 Å². The Kier molecular flexibility index (Phi) is 9.22. The van der Waals surface area contributed by atoms with E-state index in [1.165, 1.54) is 30.4 Å². The molecule has 3 rings (SSSR count). The zero-order valence-corrected chi connectivity index (χ0v) is 19.5. The summed E-state index contributed by atoms with van der Waals surface area (Å²) in [5.41, 5.74) is 3.51. The number of rotatable bonds is 10. The number of ether oxygens (including phenoxy) is 1. The van der Waals surface area contributed by atoms with Gasteiger partial charge in [-0.15, -0.1) is 0 Å². The van der Waals surface area contributed by atoms with Crippen molar-refractivity contribution in [3.63, 3.8) is 0 Å². The van der Waals surface area contributed by atoms with Gasteiger partial charge in [0.25, 0.3) is 0 Å². The Morgan fingerprint density at radius 3 is 2.45 bits per heavy atom. The van der Waals surface area contributed by atoms with Crippen molar-refractivity contribution in [2.45, 2.75) is 45.7 Å². The molecule has 0 saturated carbocycles. The highest BCUT2D eigenvalue weighted by Gasteiger charge is 2.22. The van der Waals surface area contributed by atoms with Gasteiger partial charge in [0.1, 0.15) is 5.75 Å². The predicted molar refractivity (Wildman–Crippen MR) is 130 cm³/mol. The van der Waals surface area contributed by atoms with Gasteiger partial charge in [-0.1, -0.05) is 50.2 Å². The molecule has 2 N–H and O–H groups in total. The number of carbonyl (C=O) groups is 2. The van der Waals surface area contributed by atoms with Gasteiger partial charge in [0.2, 0.25) is 0 Å². The lowest BCUT2D eigenvalue weighted by molar-refractivity contribution is -0.133. The van der Waals surface area contributed by atoms with Gasteiger partial charge in [-0.05, 0) is 73.6 Å². The maximum Gasteiger partial charge on any atom is 0.336 e. The average Bonchev–Trinajstić information content (AvgIpc) is 2.82. The molecule has 6 heteroatoms. The van der Waals surface area contributed by atoms with Crippen LogP contribution in [0.4, 0.5) is 0 Å². The number of carboxylic acids is 1. The first kappa shape index (κ1) is 24.7. The summed E-state index contributed by atoms with van der Waals surface area (Å²) in [6.45, 7) is 8.71. The molecule has 2 aromatic carbocycles. The van der Waals surface area contributed by atoms with Crippen LogP contribution in [0.1, 0.15) is 38.7 Å². The van der Waals surface area contributed by atoms with Crippen LogP contribution in [-0.2, 0) is 16.1 Å². The third-order valence-corrected chi connectivity index (χ3v) is 5.96. The van der Waals surface area contributed by atoms with E-state index in [1.54, 1.807) is 12.1 Å². The molecule has 0 spiro atoms. The van der Waals surface area contributed by atoms with Gasteiger partial charge in [0.15, 0.2) is 0 Å². The summed E-state index contributed by atoms with van der Waals surface area (Å²) in [6, 6.07) is 16.4. The van der Waals surface area contributed by atoms with E-state index in [2.05, 4.69) is 42.3 Å². The second kappa shape index (κ2) is 12.3. The fourth-order valence-electron chi connectivity index (χ4n) is 4.14. The second-order valence-electron chi connectivity index (χ2n) is 8.91. The van der Waals surface area contributed by atoms with Crippen LogP contribution >= 0.6 is 0 Å². The van der Waals surface area contributed by atoms with Gasteiger partial charge < -0.3 is 15.2 Å². The highest BCUT2D eigenvalue weighted by atomic mass is 16.5. The minimum atomic E-state index is -1.19. The van der Waals surface area contributed by atoms with Crippen molar-refractivity contribution in [3.05, 3.63) is 66.2 Å². The number of nitrogens with zero attached hydrogens (tertiary/aromatic N) is 1. The van der Waals surface area contributed by atoms with Crippen LogP contribution in [0.15, 0.2) is 60.7 Å². The van der Waals surface area contributed by atoms with Crippen molar-refractivity contribution in [1.82, 2.24) is 10.2 Å². The van der Waals surface area contributed by atoms with E-state index in [9.17, 15) is 9.59 Å². The van der Waals surface area contributed by atoms with Crippen molar-refractivity contribution < 1.29 is 19.4 Å². The van der Waals surface area contributed by atoms with Crippen LogP contribution in [0.2, 0.25) is 0 Å². The third-order valence-electron chi connectivity index (χ3n) is 5.96. The maximum atomic E-state index is 11.7. The van der Waals surface area contributed by atoms with Gasteiger partial charge in [-0.25, -0.2) is 9.59 Å². The van der Waals surface area contributed by atoms with Crippen LogP contribution in [0.25, 0.3) is 11.1 Å². The van der Waals surface area contributed by atoms with Crippen LogP contribution in [-0.4, -0.2) is 47.6 Å². The molecule has 0 unspecified atom stereocenters. The van der Waals surface area contributed by atoms with Crippen LogP contribution in [0.5, 0.6) is 5.75 Å². The van der Waals surface area contributed by atoms with E-state index in [1.807, 2.05) is 18.2 Å². The molecule has 1 saturated heterocycles. The number of esters is 1. The summed E-state index contributed by atoms with van der Waals surface area (Å²) >= 11 is 0. The SMILES string of the molecule is CC(C)CCN(Cc1ccccc1-c1ccc(OC(=O)/C=C/C(=O)O)cc1)C1CCNCC1. The molecule has 176 valence electrons. The van der Waals surface area contributed by atoms with Gasteiger partial charge >= 0.3 is 11.9 Å². The number of piperidine rings is 1. The highest BCUT2D eigenvalue weighted by Crippen LogP contribution is 2.28. The molecule has 2 aromatic rings. The molecular weight excluding hydrogens is 416 g/mol. The van der Waals surface area contributed by atoms with E-state index in [0.717, 1.165) is 43.9 Å². The molecule has 1 aliphatic heterocycles. The quantitative estimate of drug-likeness (QED) is 0.315. The molecular formula is C27H34N2O4. The topological polar surface area (TPSA) is 78.9 Å². The Bertz CT molecular complexity index is 947. The average molecular weight is 451 g/mol. The lowest BCUT2D eigenvalue weighted by Gasteiger charge is -2.35. The largest absolute Gasteiger partial charge is 0.478 e. The summed E-state index contributed by atoms with van der Waals surface area (Å²) in [4.78, 5) is 24.9. The number of nitrogens with one attached hydrogen (secondary N) is 1. The first-order chi connectivity index (χ1) is 15.9. The predicted octanol–water partition coefficient (Wildman–Crippen LogP) is 4.50. The van der Waals surface area contributed by atoms with Crippen molar-refractivity contribution in [3.8, 4) is 16.9 Å². The maximum absolute atomic E-state index is 11.7. The number of aliphatic carboxylic acids is 1. The Morgan fingerprint density at radius 1 is 1.09 bits per heavy atom. The summed E-state index contributed by atoms with van der Waals surface area (Å²) in [6.07, 6.45) is 5.20. The van der Waals surface area contributed by atoms with Gasteiger partial charge in [-0.2, -0.15) is 0 Å². The van der Waals surface area contributed by atoms with Crippen LogP contribution in [0.3, 0.4) is 0 Å². The molecule has 6 nitrogen and oxygen atoms in total. The first-order valence-electron chi connectivity index (χ1n) is 11.7. The van der Waals surface area contributed by atoms with E-state index in [4.69, 9.17) is 9.84 Å². The normalized spacial score (nSPS) is 14.8. The van der Waals surface area contributed by atoms with Crippen molar-refractivity contribution in [2.75, 3.05) is 19.6 Å². The van der Waals surface area contributed by atoms with Crippen molar-refractivity contribution in [1.29, 1.82) is 0 Å². The molecule has 0 bridgehead atoms. The zero-order chi connectivity index (χ0) is 23.6. The van der Waals surface area contributed by atoms with E-state index in [0.29, 0.717) is 17.7 Å². The molecule has 1 fully saturated rings. The lowest BCUT2D eigenvalue weighted by atomic mass is 9.97. The van der Waals surface area contributed by atoms with Gasteiger partial charge in [0.05, 0.1) is 0 Å². The van der Waals surface area contributed by atoms with E-state index < -0.39 is 11.9 Å². The van der Waals surface area contributed by atoms with Gasteiger partial charge in [0, 0.05) is 24.7 Å². The monoisotopic (exact) mass is 450 g/mol. The summed E-state index contributed by atoms with van der Waals surface area (Å²) < 4.78 is 5.18. The fraction of sp³-hybridized carbons (Fsp3) is 0.407. The van der Waals surface area contributed by atoms with E-state index in [-0.39, 0.29) is 0 Å². The highest BCUT2D eigenvalue weighted by molar-refractivity contribution is 5.91. The zero-order valence-electron chi connectivity index (χ0n) is 19.5. The molecule has 0 radical (unpaired) electrons. The third kappa shape index (κ3) is 7.84. The Balaban J connectivity index is 1.75. The van der Waals surface area contributed by atoms with Crippen LogP contribution < -0.4 is 10.1 Å². The van der Waals surface area contributed by atoms with Crippen LogP contribution in [0, 0.1) is 5.92 Å². The summed E-state index contributed by atoms with van der Waals surface area (Å²) in [5, 5.41) is 12.1. The first-order valence-corrected chi connectivity index (χ1v) is 11.7. The fourth-order valence-corrected chi connectivity index (χ4v) is 4.14. The standard InChI is InChI=1S/C27H34N2O4/c1-20(2)15-18-29(23-13-16-28-17-14-23)19-22-5-3-4-6-25(22)21-7-9-24(10-8-21)33-27(32)12-11-26(30)31/h3-12,20,23,28H,13-19H2,1-2H3,(H,30,31)/b12-11+. The second-order valence-corrected chi connectivity index (χ2v) is 8.91. The lowest BCUT2D eigenvalue weighted by Crippen LogP contribution is -2.43. The molecule has 0 atom stereocenters. The van der Waals surface area contributed by atoms with Gasteiger partial charge in [-0.3, -0.25) is 4.90 Å². The number of hydrogen-bond donors (Lipinski definition) is 2. The Morgan fingerprint density at radius 2 is 1.79 bits per heavy atom. The number of hydrogen-bond acceptors (Lipinski definition) is 5. The number of benzene rings is 2. The molecule has 1 heterocycles. The molecule has 33 heavy (non-hydrogen) atoms. The summed E-state index contributed by atoms with van der Waals surface area (Å²) in [7, 11) is 0. The smallest absolute Gasteiger partial charge is 0.336 e. The number of carboxylic acid groups (broad SMARTS) is 1. The molecule has 0 aliphatic carbocycles.